The second kappa shape index (κ2) is 6.84. The van der Waals surface area contributed by atoms with Gasteiger partial charge in [-0.3, -0.25) is 9.59 Å². The highest BCUT2D eigenvalue weighted by Gasteiger charge is 2.18. The van der Waals surface area contributed by atoms with Crippen LogP contribution in [0.2, 0.25) is 0 Å². The molecule has 0 unspecified atom stereocenters. The monoisotopic (exact) mass is 279 g/mol. The number of hydrogen-bond acceptors (Lipinski definition) is 3. The van der Waals surface area contributed by atoms with Gasteiger partial charge in [0.2, 0.25) is 0 Å². The van der Waals surface area contributed by atoms with Gasteiger partial charge in [0.25, 0.3) is 0 Å². The van der Waals surface area contributed by atoms with E-state index in [0.29, 0.717) is 6.54 Å². The molecule has 0 bridgehead atoms. The van der Waals surface area contributed by atoms with Gasteiger partial charge in [0.1, 0.15) is 0 Å². The zero-order chi connectivity index (χ0) is 14.4. The molecule has 0 spiro atoms. The fourth-order valence-corrected chi connectivity index (χ4v) is 1.60. The molecule has 0 heterocycles. The summed E-state index contributed by atoms with van der Waals surface area (Å²) < 4.78 is 0. The Kier molecular flexibility index (Phi) is 5.44. The largest absolute Gasteiger partial charge is 0.392 e. The van der Waals surface area contributed by atoms with Gasteiger partial charge in [-0.15, -0.1) is 0 Å². The number of likely N-dealkylation sites (N-methyl/N-ethyl adjacent to an activating group) is 1. The van der Waals surface area contributed by atoms with Crippen molar-refractivity contribution in [2.24, 2.45) is 5.73 Å². The van der Waals surface area contributed by atoms with E-state index in [-0.39, 0.29) is 11.5 Å². The summed E-state index contributed by atoms with van der Waals surface area (Å²) in [6.07, 6.45) is 0. The number of aryl methyl sites for hydroxylation is 1. The van der Waals surface area contributed by atoms with Crippen LogP contribution in [0.1, 0.15) is 11.1 Å². The van der Waals surface area contributed by atoms with Crippen molar-refractivity contribution in [3.05, 3.63) is 35.4 Å². The van der Waals surface area contributed by atoms with Gasteiger partial charge in [0.05, 0.1) is 11.5 Å². The van der Waals surface area contributed by atoms with Gasteiger partial charge in [0.15, 0.2) is 0 Å². The molecule has 1 rings (SSSR count). The van der Waals surface area contributed by atoms with Crippen molar-refractivity contribution in [1.82, 2.24) is 10.2 Å². The molecule has 1 aromatic rings. The van der Waals surface area contributed by atoms with Gasteiger partial charge in [-0.25, -0.2) is 0 Å². The first-order chi connectivity index (χ1) is 8.91. The summed E-state index contributed by atoms with van der Waals surface area (Å²) in [7, 11) is 1.58. The third kappa shape index (κ3) is 4.67. The van der Waals surface area contributed by atoms with E-state index in [1.165, 1.54) is 4.90 Å². The van der Waals surface area contributed by atoms with E-state index < -0.39 is 11.8 Å². The van der Waals surface area contributed by atoms with Crippen LogP contribution in [0.25, 0.3) is 0 Å². The van der Waals surface area contributed by atoms with Crippen molar-refractivity contribution < 1.29 is 9.59 Å². The first kappa shape index (κ1) is 15.1. The summed E-state index contributed by atoms with van der Waals surface area (Å²) in [4.78, 5) is 24.8. The van der Waals surface area contributed by atoms with Crippen LogP contribution in [0.3, 0.4) is 0 Å². The van der Waals surface area contributed by atoms with Gasteiger partial charge < -0.3 is 16.0 Å². The quantitative estimate of drug-likeness (QED) is 0.616. The lowest BCUT2D eigenvalue weighted by Crippen LogP contribution is -2.43. The SMILES string of the molecule is Cc1ccccc1CN(C)C(=O)C(=O)NCC(N)=S. The van der Waals surface area contributed by atoms with E-state index in [0.717, 1.165) is 11.1 Å². The van der Waals surface area contributed by atoms with Crippen molar-refractivity contribution >= 4 is 29.0 Å². The summed E-state index contributed by atoms with van der Waals surface area (Å²) in [6, 6.07) is 7.70. The number of hydrogen-bond donors (Lipinski definition) is 2. The maximum Gasteiger partial charge on any atom is 0.311 e. The average Bonchev–Trinajstić information content (AvgIpc) is 2.37. The Morgan fingerprint density at radius 1 is 1.37 bits per heavy atom. The Labute approximate surface area is 117 Å². The molecular weight excluding hydrogens is 262 g/mol. The summed E-state index contributed by atoms with van der Waals surface area (Å²) >= 11 is 4.63. The molecule has 19 heavy (non-hydrogen) atoms. The summed E-state index contributed by atoms with van der Waals surface area (Å²) in [5.74, 6) is -1.32. The smallest absolute Gasteiger partial charge is 0.311 e. The molecule has 102 valence electrons. The average molecular weight is 279 g/mol. The van der Waals surface area contributed by atoms with E-state index in [2.05, 4.69) is 17.5 Å². The predicted molar refractivity (Wildman–Crippen MR) is 77.4 cm³/mol. The van der Waals surface area contributed by atoms with Crippen molar-refractivity contribution in [3.8, 4) is 0 Å². The molecule has 0 radical (unpaired) electrons. The second-order valence-corrected chi connectivity index (χ2v) is 4.76. The number of amides is 2. The number of nitrogens with two attached hydrogens (primary N) is 1. The minimum Gasteiger partial charge on any atom is -0.392 e. The Hall–Kier alpha value is -1.95. The first-order valence-electron chi connectivity index (χ1n) is 5.78. The molecule has 0 aliphatic heterocycles. The molecule has 0 aliphatic carbocycles. The van der Waals surface area contributed by atoms with E-state index in [1.54, 1.807) is 7.05 Å². The topological polar surface area (TPSA) is 75.4 Å². The molecule has 6 heteroatoms. The summed E-state index contributed by atoms with van der Waals surface area (Å²) in [6.45, 7) is 2.37. The number of carbonyl (C=O) groups is 2. The highest BCUT2D eigenvalue weighted by molar-refractivity contribution is 7.80. The van der Waals surface area contributed by atoms with Crippen LogP contribution in [0.4, 0.5) is 0 Å². The molecule has 0 saturated carbocycles. The maximum absolute atomic E-state index is 11.8. The van der Waals surface area contributed by atoms with E-state index in [9.17, 15) is 9.59 Å². The van der Waals surface area contributed by atoms with Gasteiger partial charge >= 0.3 is 11.8 Å². The van der Waals surface area contributed by atoms with Crippen LogP contribution in [-0.2, 0) is 16.1 Å². The molecule has 0 atom stereocenters. The van der Waals surface area contributed by atoms with Crippen LogP contribution in [0.5, 0.6) is 0 Å². The molecule has 2 amide bonds. The number of carbonyl (C=O) groups excluding carboxylic acids is 2. The summed E-state index contributed by atoms with van der Waals surface area (Å²) in [5, 5.41) is 2.37. The standard InChI is InChI=1S/C13H17N3O2S/c1-9-5-3-4-6-10(9)8-16(2)13(18)12(17)15-7-11(14)19/h3-6H,7-8H2,1-2H3,(H2,14,19)(H,15,17). The lowest BCUT2D eigenvalue weighted by atomic mass is 10.1. The third-order valence-electron chi connectivity index (χ3n) is 2.63. The van der Waals surface area contributed by atoms with E-state index in [4.69, 9.17) is 5.73 Å². The number of thiocarbonyl (C=S) groups is 1. The van der Waals surface area contributed by atoms with Crippen molar-refractivity contribution in [2.45, 2.75) is 13.5 Å². The minimum atomic E-state index is -0.705. The fourth-order valence-electron chi connectivity index (χ4n) is 1.53. The minimum absolute atomic E-state index is 0.0259. The van der Waals surface area contributed by atoms with Crippen LogP contribution < -0.4 is 11.1 Å². The molecule has 0 aromatic heterocycles. The van der Waals surface area contributed by atoms with Gasteiger partial charge in [0, 0.05) is 13.6 Å². The Bertz CT molecular complexity index is 502. The highest BCUT2D eigenvalue weighted by Crippen LogP contribution is 2.09. The van der Waals surface area contributed by atoms with Crippen LogP contribution in [0, 0.1) is 6.92 Å². The fraction of sp³-hybridized carbons (Fsp3) is 0.308. The van der Waals surface area contributed by atoms with Gasteiger partial charge in [-0.2, -0.15) is 0 Å². The molecule has 5 nitrogen and oxygen atoms in total. The van der Waals surface area contributed by atoms with Crippen LogP contribution >= 0.6 is 12.2 Å². The Balaban J connectivity index is 2.60. The Morgan fingerprint density at radius 3 is 2.58 bits per heavy atom. The molecule has 1 aromatic carbocycles. The van der Waals surface area contributed by atoms with E-state index >= 15 is 0 Å². The maximum atomic E-state index is 11.8. The number of nitrogens with zero attached hydrogens (tertiary/aromatic N) is 1. The third-order valence-corrected chi connectivity index (χ3v) is 2.78. The van der Waals surface area contributed by atoms with Crippen molar-refractivity contribution in [2.75, 3.05) is 13.6 Å². The Morgan fingerprint density at radius 2 is 2.00 bits per heavy atom. The molecule has 0 fully saturated rings. The van der Waals surface area contributed by atoms with Crippen molar-refractivity contribution in [1.29, 1.82) is 0 Å². The lowest BCUT2D eigenvalue weighted by Gasteiger charge is -2.17. The molecule has 3 N–H and O–H groups in total. The molecule has 0 aliphatic rings. The zero-order valence-electron chi connectivity index (χ0n) is 11.0. The first-order valence-corrected chi connectivity index (χ1v) is 6.18. The van der Waals surface area contributed by atoms with E-state index in [1.807, 2.05) is 31.2 Å². The van der Waals surface area contributed by atoms with Crippen LogP contribution in [0.15, 0.2) is 24.3 Å². The van der Waals surface area contributed by atoms with Crippen molar-refractivity contribution in [3.63, 3.8) is 0 Å². The second-order valence-electron chi connectivity index (χ2n) is 4.24. The van der Waals surface area contributed by atoms with Gasteiger partial charge in [-0.1, -0.05) is 36.5 Å². The number of rotatable bonds is 4. The summed E-state index contributed by atoms with van der Waals surface area (Å²) in [5.41, 5.74) is 7.33. The molecular formula is C13H17N3O2S. The molecule has 0 saturated heterocycles. The highest BCUT2D eigenvalue weighted by atomic mass is 32.1. The lowest BCUT2D eigenvalue weighted by molar-refractivity contribution is -0.145. The number of nitrogens with one attached hydrogen (secondary N) is 1. The normalized spacial score (nSPS) is 9.79. The van der Waals surface area contributed by atoms with Crippen LogP contribution in [-0.4, -0.2) is 35.3 Å². The predicted octanol–water partition coefficient (Wildman–Crippen LogP) is 0.356. The zero-order valence-corrected chi connectivity index (χ0v) is 11.8. The number of benzene rings is 1. The van der Waals surface area contributed by atoms with Gasteiger partial charge in [-0.05, 0) is 18.1 Å².